The number of amides is 2. The van der Waals surface area contributed by atoms with Crippen molar-refractivity contribution in [3.8, 4) is 0 Å². The van der Waals surface area contributed by atoms with Gasteiger partial charge in [-0.2, -0.15) is 0 Å². The van der Waals surface area contributed by atoms with E-state index in [9.17, 15) is 9.59 Å². The summed E-state index contributed by atoms with van der Waals surface area (Å²) >= 11 is 0. The summed E-state index contributed by atoms with van der Waals surface area (Å²) in [5.41, 5.74) is 1.52. The molecule has 3 N–H and O–H groups in total. The van der Waals surface area contributed by atoms with Crippen molar-refractivity contribution < 1.29 is 14.7 Å². The number of benzene rings is 1. The molecule has 0 radical (unpaired) electrons. The third-order valence-electron chi connectivity index (χ3n) is 3.81. The van der Waals surface area contributed by atoms with Gasteiger partial charge in [0.15, 0.2) is 0 Å². The lowest BCUT2D eigenvalue weighted by molar-refractivity contribution is -0.124. The summed E-state index contributed by atoms with van der Waals surface area (Å²) < 4.78 is 0. The predicted molar refractivity (Wildman–Crippen MR) is 79.7 cm³/mol. The van der Waals surface area contributed by atoms with Gasteiger partial charge in [-0.15, -0.1) is 0 Å². The molecule has 1 fully saturated rings. The molecule has 1 aliphatic carbocycles. The van der Waals surface area contributed by atoms with Crippen molar-refractivity contribution in [3.05, 3.63) is 35.4 Å². The molecule has 2 amide bonds. The van der Waals surface area contributed by atoms with Gasteiger partial charge in [-0.1, -0.05) is 25.0 Å². The van der Waals surface area contributed by atoms with Crippen molar-refractivity contribution >= 4 is 11.8 Å². The highest BCUT2D eigenvalue weighted by molar-refractivity contribution is 5.94. The standard InChI is InChI=1S/C16H22N2O3/c19-10-9-17-15(20)14-7-5-12(6-8-14)11-18-16(21)13-3-1-2-4-13/h5-8,13,19H,1-4,9-11H2,(H,17,20)(H,18,21). The normalized spacial score (nSPS) is 14.9. The highest BCUT2D eigenvalue weighted by Gasteiger charge is 2.22. The highest BCUT2D eigenvalue weighted by atomic mass is 16.3. The fourth-order valence-electron chi connectivity index (χ4n) is 2.57. The fraction of sp³-hybridized carbons (Fsp3) is 0.500. The van der Waals surface area contributed by atoms with Gasteiger partial charge in [-0.25, -0.2) is 0 Å². The predicted octanol–water partition coefficient (Wildman–Crippen LogP) is 1.22. The maximum absolute atomic E-state index is 11.9. The topological polar surface area (TPSA) is 78.4 Å². The molecule has 0 unspecified atom stereocenters. The summed E-state index contributed by atoms with van der Waals surface area (Å²) in [4.78, 5) is 23.6. The molecule has 1 aromatic carbocycles. The van der Waals surface area contributed by atoms with Crippen LogP contribution in [-0.4, -0.2) is 30.1 Å². The van der Waals surface area contributed by atoms with Crippen LogP contribution < -0.4 is 10.6 Å². The van der Waals surface area contributed by atoms with Gasteiger partial charge >= 0.3 is 0 Å². The summed E-state index contributed by atoms with van der Waals surface area (Å²) in [7, 11) is 0. The number of rotatable bonds is 6. The quantitative estimate of drug-likeness (QED) is 0.737. The molecule has 0 aliphatic heterocycles. The Hall–Kier alpha value is -1.88. The average Bonchev–Trinajstić information content (AvgIpc) is 3.05. The third kappa shape index (κ3) is 4.56. The van der Waals surface area contributed by atoms with E-state index >= 15 is 0 Å². The van der Waals surface area contributed by atoms with Gasteiger partial charge in [0.1, 0.15) is 0 Å². The molecule has 114 valence electrons. The first-order valence-corrected chi connectivity index (χ1v) is 7.46. The Morgan fingerprint density at radius 2 is 1.76 bits per heavy atom. The van der Waals surface area contributed by atoms with Crippen LogP contribution in [0.15, 0.2) is 24.3 Å². The first kappa shape index (κ1) is 15.5. The molecule has 5 heteroatoms. The minimum Gasteiger partial charge on any atom is -0.395 e. The zero-order valence-corrected chi connectivity index (χ0v) is 12.1. The summed E-state index contributed by atoms with van der Waals surface area (Å²) in [6.45, 7) is 0.670. The lowest BCUT2D eigenvalue weighted by Crippen LogP contribution is -2.29. The average molecular weight is 290 g/mol. The van der Waals surface area contributed by atoms with Crippen molar-refractivity contribution in [2.45, 2.75) is 32.2 Å². The van der Waals surface area contributed by atoms with E-state index in [-0.39, 0.29) is 30.9 Å². The lowest BCUT2D eigenvalue weighted by atomic mass is 10.1. The first-order valence-electron chi connectivity index (χ1n) is 7.46. The molecule has 0 aromatic heterocycles. The Kier molecular flexibility index (Phi) is 5.75. The van der Waals surface area contributed by atoms with Crippen molar-refractivity contribution in [2.24, 2.45) is 5.92 Å². The summed E-state index contributed by atoms with van der Waals surface area (Å²) in [6, 6.07) is 7.12. The minimum absolute atomic E-state index is 0.0724. The van der Waals surface area contributed by atoms with E-state index in [1.165, 1.54) is 0 Å². The van der Waals surface area contributed by atoms with Crippen LogP contribution in [0.1, 0.15) is 41.6 Å². The van der Waals surface area contributed by atoms with E-state index in [0.717, 1.165) is 31.2 Å². The second kappa shape index (κ2) is 7.78. The first-order chi connectivity index (χ1) is 10.2. The van der Waals surface area contributed by atoms with Gasteiger partial charge in [0, 0.05) is 24.6 Å². The van der Waals surface area contributed by atoms with Crippen LogP contribution in [-0.2, 0) is 11.3 Å². The summed E-state index contributed by atoms with van der Waals surface area (Å²) in [5, 5.41) is 14.2. The van der Waals surface area contributed by atoms with E-state index in [1.54, 1.807) is 12.1 Å². The number of aliphatic hydroxyl groups excluding tert-OH is 1. The van der Waals surface area contributed by atoms with E-state index in [1.807, 2.05) is 12.1 Å². The van der Waals surface area contributed by atoms with Crippen LogP contribution in [0.4, 0.5) is 0 Å². The van der Waals surface area contributed by atoms with Crippen molar-refractivity contribution in [3.63, 3.8) is 0 Å². The van der Waals surface area contributed by atoms with Crippen LogP contribution in [0.3, 0.4) is 0 Å². The molecule has 0 bridgehead atoms. The maximum Gasteiger partial charge on any atom is 0.251 e. The van der Waals surface area contributed by atoms with E-state index in [2.05, 4.69) is 10.6 Å². The monoisotopic (exact) mass is 290 g/mol. The van der Waals surface area contributed by atoms with Crippen LogP contribution in [0, 0.1) is 5.92 Å². The highest BCUT2D eigenvalue weighted by Crippen LogP contribution is 2.24. The van der Waals surface area contributed by atoms with Crippen LogP contribution in [0.2, 0.25) is 0 Å². The number of hydrogen-bond donors (Lipinski definition) is 3. The Morgan fingerprint density at radius 1 is 1.10 bits per heavy atom. The van der Waals surface area contributed by atoms with E-state index < -0.39 is 0 Å². The second-order valence-electron chi connectivity index (χ2n) is 5.38. The smallest absolute Gasteiger partial charge is 0.251 e. The molecule has 5 nitrogen and oxygen atoms in total. The van der Waals surface area contributed by atoms with Gasteiger partial charge < -0.3 is 15.7 Å². The minimum atomic E-state index is -0.203. The van der Waals surface area contributed by atoms with Gasteiger partial charge in [-0.3, -0.25) is 9.59 Å². The molecule has 2 rings (SSSR count). The molecule has 1 aromatic rings. The lowest BCUT2D eigenvalue weighted by Gasteiger charge is -2.10. The molecule has 1 aliphatic rings. The molecule has 0 heterocycles. The van der Waals surface area contributed by atoms with Crippen LogP contribution >= 0.6 is 0 Å². The number of carbonyl (C=O) groups excluding carboxylic acids is 2. The second-order valence-corrected chi connectivity index (χ2v) is 5.38. The van der Waals surface area contributed by atoms with Gasteiger partial charge in [0.05, 0.1) is 6.61 Å². The van der Waals surface area contributed by atoms with Gasteiger partial charge in [0.25, 0.3) is 5.91 Å². The Bertz CT molecular complexity index is 479. The zero-order chi connectivity index (χ0) is 15.1. The number of nitrogens with one attached hydrogen (secondary N) is 2. The Balaban J connectivity index is 1.81. The molecular weight excluding hydrogens is 268 g/mol. The molecular formula is C16H22N2O3. The van der Waals surface area contributed by atoms with E-state index in [4.69, 9.17) is 5.11 Å². The number of aliphatic hydroxyl groups is 1. The molecule has 1 saturated carbocycles. The Labute approximate surface area is 124 Å². The fourth-order valence-corrected chi connectivity index (χ4v) is 2.57. The van der Waals surface area contributed by atoms with Crippen molar-refractivity contribution in [1.29, 1.82) is 0 Å². The molecule has 0 spiro atoms. The number of carbonyl (C=O) groups is 2. The molecule has 0 saturated heterocycles. The van der Waals surface area contributed by atoms with Crippen molar-refractivity contribution in [1.82, 2.24) is 10.6 Å². The third-order valence-corrected chi connectivity index (χ3v) is 3.81. The molecule has 21 heavy (non-hydrogen) atoms. The summed E-state index contributed by atoms with van der Waals surface area (Å²) in [6.07, 6.45) is 4.29. The Morgan fingerprint density at radius 3 is 2.38 bits per heavy atom. The van der Waals surface area contributed by atoms with Crippen molar-refractivity contribution in [2.75, 3.05) is 13.2 Å². The van der Waals surface area contributed by atoms with Gasteiger partial charge in [0.2, 0.25) is 5.91 Å². The number of hydrogen-bond acceptors (Lipinski definition) is 3. The largest absolute Gasteiger partial charge is 0.395 e. The SMILES string of the molecule is O=C(NCCO)c1ccc(CNC(=O)C2CCCC2)cc1. The maximum atomic E-state index is 11.9. The van der Waals surface area contributed by atoms with E-state index in [0.29, 0.717) is 12.1 Å². The van der Waals surface area contributed by atoms with Crippen LogP contribution in [0.25, 0.3) is 0 Å². The summed E-state index contributed by atoms with van der Waals surface area (Å²) in [5.74, 6) is 0.108. The van der Waals surface area contributed by atoms with Gasteiger partial charge in [-0.05, 0) is 30.5 Å². The molecule has 0 atom stereocenters. The van der Waals surface area contributed by atoms with Crippen LogP contribution in [0.5, 0.6) is 0 Å². The zero-order valence-electron chi connectivity index (χ0n) is 12.1.